The number of carbonyl (C=O) groups is 2. The fourth-order valence-corrected chi connectivity index (χ4v) is 2.16. The van der Waals surface area contributed by atoms with Gasteiger partial charge in [-0.1, -0.05) is 0 Å². The first-order chi connectivity index (χ1) is 8.29. The minimum Gasteiger partial charge on any atom is -0.364 e. The summed E-state index contributed by atoms with van der Waals surface area (Å²) in [5.41, 5.74) is 5.29. The van der Waals surface area contributed by atoms with E-state index in [0.29, 0.717) is 10.9 Å². The normalized spacial score (nSPS) is 11.7. The lowest BCUT2D eigenvalue weighted by atomic mass is 10.2. The molecular weight excluding hydrogens is 255 g/mol. The molecule has 0 bridgehead atoms. The summed E-state index contributed by atoms with van der Waals surface area (Å²) in [6, 6.07) is 5.93. The number of primary amides is 1. The van der Waals surface area contributed by atoms with Gasteiger partial charge in [-0.2, -0.15) is 0 Å². The molecule has 7 heteroatoms. The zero-order chi connectivity index (χ0) is 13.5. The van der Waals surface area contributed by atoms with Crippen LogP contribution in [0.25, 0.3) is 10.9 Å². The minimum atomic E-state index is -3.81. The molecule has 0 spiro atoms. The Morgan fingerprint density at radius 3 is 2.50 bits per heavy atom. The third kappa shape index (κ3) is 2.22. The molecule has 1 aromatic heterocycles. The van der Waals surface area contributed by atoms with Crippen LogP contribution in [0.15, 0.2) is 24.3 Å². The van der Waals surface area contributed by atoms with Gasteiger partial charge in [0.2, 0.25) is 5.52 Å². The van der Waals surface area contributed by atoms with Crippen molar-refractivity contribution in [3.05, 3.63) is 35.5 Å². The lowest BCUT2D eigenvalue weighted by Crippen LogP contribution is -2.10. The van der Waals surface area contributed by atoms with E-state index in [4.69, 9.17) is 5.73 Å². The summed E-state index contributed by atoms with van der Waals surface area (Å²) >= 11 is 0. The van der Waals surface area contributed by atoms with Gasteiger partial charge in [0, 0.05) is 16.5 Å². The van der Waals surface area contributed by atoms with E-state index in [2.05, 4.69) is 11.3 Å². The number of amides is 1. The maximum absolute atomic E-state index is 11.6. The number of fused-ring (bicyclic) bond motifs is 1. The summed E-state index contributed by atoms with van der Waals surface area (Å²) in [5, 5.41) is 0.586. The highest BCUT2D eigenvalue weighted by atomic mass is 31.2. The van der Waals surface area contributed by atoms with Crippen LogP contribution in [0.1, 0.15) is 20.8 Å². The van der Waals surface area contributed by atoms with Crippen LogP contribution in [-0.2, 0) is 0 Å². The summed E-state index contributed by atoms with van der Waals surface area (Å²) < 4.78 is 0. The van der Waals surface area contributed by atoms with Gasteiger partial charge in [-0.3, -0.25) is 9.59 Å². The Labute approximate surface area is 102 Å². The van der Waals surface area contributed by atoms with E-state index in [1.807, 2.05) is 0 Å². The van der Waals surface area contributed by atoms with Gasteiger partial charge in [0.25, 0.3) is 5.91 Å². The van der Waals surface area contributed by atoms with Crippen LogP contribution in [0.4, 0.5) is 0 Å². The van der Waals surface area contributed by atoms with Gasteiger partial charge in [0.1, 0.15) is 5.69 Å². The molecule has 0 atom stereocenters. The Balaban J connectivity index is 2.54. The Hall–Kier alpha value is -1.88. The zero-order valence-corrected chi connectivity index (χ0v) is 10.1. The molecule has 18 heavy (non-hydrogen) atoms. The fourth-order valence-electron chi connectivity index (χ4n) is 1.61. The van der Waals surface area contributed by atoms with E-state index >= 15 is 0 Å². The Kier molecular flexibility index (Phi) is 2.86. The Bertz CT molecular complexity index is 698. The largest absolute Gasteiger partial charge is 0.364 e. The molecule has 0 saturated carbocycles. The number of aromatic nitrogens is 1. The van der Waals surface area contributed by atoms with Crippen molar-refractivity contribution in [2.75, 3.05) is 0 Å². The first kappa shape index (κ1) is 12.6. The molecule has 6 nitrogen and oxygen atoms in total. The molecule has 1 aromatic carbocycles. The highest BCUT2D eigenvalue weighted by Crippen LogP contribution is 2.38. The van der Waals surface area contributed by atoms with Gasteiger partial charge in [0.15, 0.2) is 7.34 Å². The number of H-pyrrole nitrogens is 1. The average molecular weight is 266 g/mol. The molecule has 1 heterocycles. The summed E-state index contributed by atoms with van der Waals surface area (Å²) in [7, 11) is -3.81. The van der Waals surface area contributed by atoms with Crippen LogP contribution in [-0.4, -0.2) is 32.5 Å². The van der Waals surface area contributed by atoms with Gasteiger partial charge in [-0.05, 0) is 30.6 Å². The molecule has 5 N–H and O–H groups in total. The number of aromatic amines is 1. The van der Waals surface area contributed by atoms with E-state index in [1.54, 1.807) is 6.07 Å². The highest BCUT2D eigenvalue weighted by Gasteiger charge is 2.20. The van der Waals surface area contributed by atoms with Gasteiger partial charge in [-0.25, -0.2) is 0 Å². The Morgan fingerprint density at radius 2 is 1.94 bits per heavy atom. The predicted molar refractivity (Wildman–Crippen MR) is 69.6 cm³/mol. The number of nitrogens with one attached hydrogen (secondary N) is 1. The third-order valence-corrected chi connectivity index (χ3v) is 3.37. The quantitative estimate of drug-likeness (QED) is 0.611. The van der Waals surface area contributed by atoms with Crippen LogP contribution < -0.4 is 5.73 Å². The van der Waals surface area contributed by atoms with Crippen LogP contribution in [0.2, 0.25) is 0 Å². The molecule has 0 saturated heterocycles. The predicted octanol–water partition coefficient (Wildman–Crippen LogP) is 0.671. The summed E-state index contributed by atoms with van der Waals surface area (Å²) in [6.45, 7) is 0. The first-order valence-electron chi connectivity index (χ1n) is 4.95. The number of rotatable bonds is 3. The Morgan fingerprint density at radius 1 is 1.28 bits per heavy atom. The van der Waals surface area contributed by atoms with Crippen molar-refractivity contribution in [2.45, 2.75) is 0 Å². The fraction of sp³-hybridized carbons (Fsp3) is 0. The van der Waals surface area contributed by atoms with Crippen molar-refractivity contribution in [3.8, 4) is 0 Å². The molecule has 2 aromatic rings. The maximum atomic E-state index is 11.6. The average Bonchev–Trinajstić information content (AvgIpc) is 2.69. The lowest BCUT2D eigenvalue weighted by molar-refractivity contribution is 0.0995. The smallest absolute Gasteiger partial charge is 0.265 e. The number of benzene rings is 1. The second-order valence-electron chi connectivity index (χ2n) is 3.88. The van der Waals surface area contributed by atoms with Gasteiger partial charge < -0.3 is 20.5 Å². The van der Waals surface area contributed by atoms with Crippen molar-refractivity contribution in [3.63, 3.8) is 0 Å². The number of hydrogen-bond donors (Lipinski definition) is 4. The second kappa shape index (κ2) is 4.10. The van der Waals surface area contributed by atoms with Gasteiger partial charge in [0.05, 0.1) is 0 Å². The molecule has 0 unspecified atom stereocenters. The van der Waals surface area contributed by atoms with Gasteiger partial charge >= 0.3 is 0 Å². The van der Waals surface area contributed by atoms with E-state index in [9.17, 15) is 19.4 Å². The molecule has 94 valence electrons. The van der Waals surface area contributed by atoms with Crippen molar-refractivity contribution in [1.82, 2.24) is 4.98 Å². The molecule has 0 fully saturated rings. The number of nitrogens with two attached hydrogens (primary N) is 1. The molecule has 0 aliphatic heterocycles. The van der Waals surface area contributed by atoms with Crippen molar-refractivity contribution in [2.24, 2.45) is 5.73 Å². The molecule has 0 radical (unpaired) electrons. The monoisotopic (exact) mass is 266 g/mol. The molecule has 1 amide bonds. The molecular formula is C11H11N2O4P. The van der Waals surface area contributed by atoms with E-state index < -0.39 is 18.8 Å². The zero-order valence-electron chi connectivity index (χ0n) is 9.25. The summed E-state index contributed by atoms with van der Waals surface area (Å²) in [6.07, 6.45) is 3.05. The standard InChI is InChI=1S/C11H11N2O4P/c1-18(16,17)11(15)6-2-3-8-7(4-6)5-9(13-8)10(12)14/h2-5,13,16-17H,1H2,(H2,12,14). The number of hydrogen-bond acceptors (Lipinski definition) is 4. The van der Waals surface area contributed by atoms with Gasteiger partial charge in [-0.15, -0.1) is 0 Å². The summed E-state index contributed by atoms with van der Waals surface area (Å²) in [4.78, 5) is 43.9. The van der Waals surface area contributed by atoms with Crippen LogP contribution >= 0.6 is 7.34 Å². The molecule has 0 aliphatic carbocycles. The van der Waals surface area contributed by atoms with Crippen molar-refractivity contribution in [1.29, 1.82) is 0 Å². The van der Waals surface area contributed by atoms with Crippen LogP contribution in [0, 0.1) is 0 Å². The third-order valence-electron chi connectivity index (χ3n) is 2.46. The maximum Gasteiger partial charge on any atom is 0.265 e. The SMILES string of the molecule is C=P(O)(O)C(=O)c1ccc2[nH]c(C(N)=O)cc2c1. The molecule has 2 rings (SSSR count). The minimum absolute atomic E-state index is 0.130. The molecule has 0 aliphatic rings. The lowest BCUT2D eigenvalue weighted by Gasteiger charge is -2.07. The first-order valence-corrected chi connectivity index (χ1v) is 6.83. The second-order valence-corrected chi connectivity index (χ2v) is 5.75. The van der Waals surface area contributed by atoms with E-state index in [-0.39, 0.29) is 11.3 Å². The summed E-state index contributed by atoms with van der Waals surface area (Å²) in [5.74, 6) is -0.609. The van der Waals surface area contributed by atoms with Crippen molar-refractivity contribution < 1.29 is 19.4 Å². The number of carbonyl (C=O) groups excluding carboxylic acids is 2. The van der Waals surface area contributed by atoms with E-state index in [1.165, 1.54) is 18.2 Å². The van der Waals surface area contributed by atoms with E-state index in [0.717, 1.165) is 0 Å². The van der Waals surface area contributed by atoms with Crippen molar-refractivity contribution >= 4 is 36.0 Å². The van der Waals surface area contributed by atoms with Crippen LogP contribution in [0.3, 0.4) is 0 Å². The topological polar surface area (TPSA) is 116 Å². The highest BCUT2D eigenvalue weighted by molar-refractivity contribution is 7.79. The van der Waals surface area contributed by atoms with Crippen LogP contribution in [0.5, 0.6) is 0 Å².